The maximum absolute atomic E-state index is 11.9. The van der Waals surface area contributed by atoms with Gasteiger partial charge in [-0.15, -0.1) is 0 Å². The Bertz CT molecular complexity index is 665. The number of nitro groups is 1. The Kier molecular flexibility index (Phi) is 3.74. The molecule has 0 aromatic carbocycles. The van der Waals surface area contributed by atoms with Crippen LogP contribution in [-0.2, 0) is 4.74 Å². The minimum absolute atomic E-state index is 0.00764. The summed E-state index contributed by atoms with van der Waals surface area (Å²) in [6.45, 7) is 3.36. The second-order valence-corrected chi connectivity index (χ2v) is 3.81. The molecule has 104 valence electrons. The fraction of sp³-hybridized carbons (Fsp3) is 0.250. The summed E-state index contributed by atoms with van der Waals surface area (Å²) in [5.74, 6) is -0.431. The number of carbonyl (C=O) groups is 1. The standard InChI is InChI=1S/C12H11N3O5/c1-3-19-12(16)9-7(2)20-14-11(9)10-8(15(17)18)5-4-6-13-10/h4-6H,3H2,1-2H3. The zero-order chi connectivity index (χ0) is 14.7. The highest BCUT2D eigenvalue weighted by atomic mass is 16.6. The molecule has 0 atom stereocenters. The Labute approximate surface area is 113 Å². The normalized spacial score (nSPS) is 10.3. The lowest BCUT2D eigenvalue weighted by atomic mass is 10.1. The first-order valence-electron chi connectivity index (χ1n) is 5.79. The van der Waals surface area contributed by atoms with Gasteiger partial charge in [0.05, 0.1) is 11.5 Å². The van der Waals surface area contributed by atoms with Crippen molar-refractivity contribution < 1.29 is 19.0 Å². The highest BCUT2D eigenvalue weighted by molar-refractivity contribution is 5.97. The van der Waals surface area contributed by atoms with Crippen LogP contribution in [0.2, 0.25) is 0 Å². The van der Waals surface area contributed by atoms with Gasteiger partial charge in [-0.05, 0) is 19.9 Å². The molecule has 8 heteroatoms. The van der Waals surface area contributed by atoms with Gasteiger partial charge in [0, 0.05) is 12.3 Å². The molecular weight excluding hydrogens is 266 g/mol. The van der Waals surface area contributed by atoms with Gasteiger partial charge in [0.25, 0.3) is 5.69 Å². The largest absolute Gasteiger partial charge is 0.462 e. The lowest BCUT2D eigenvalue weighted by Crippen LogP contribution is -2.07. The van der Waals surface area contributed by atoms with Gasteiger partial charge < -0.3 is 9.26 Å². The smallest absolute Gasteiger partial charge is 0.344 e. The second kappa shape index (κ2) is 5.47. The molecule has 0 aliphatic rings. The van der Waals surface area contributed by atoms with Crippen molar-refractivity contribution in [2.24, 2.45) is 0 Å². The van der Waals surface area contributed by atoms with E-state index in [2.05, 4.69) is 10.1 Å². The summed E-state index contributed by atoms with van der Waals surface area (Å²) >= 11 is 0. The van der Waals surface area contributed by atoms with E-state index in [9.17, 15) is 14.9 Å². The lowest BCUT2D eigenvalue weighted by Gasteiger charge is -2.02. The number of carbonyl (C=O) groups excluding carboxylic acids is 1. The Balaban J connectivity index is 2.60. The van der Waals surface area contributed by atoms with Crippen molar-refractivity contribution in [1.82, 2.24) is 10.1 Å². The van der Waals surface area contributed by atoms with Crippen LogP contribution in [0.5, 0.6) is 0 Å². The molecule has 0 bridgehead atoms. The summed E-state index contributed by atoms with van der Waals surface area (Å²) in [6, 6.07) is 2.71. The molecule has 0 amide bonds. The maximum atomic E-state index is 11.9. The molecule has 2 heterocycles. The summed E-state index contributed by atoms with van der Waals surface area (Å²) in [5.41, 5.74) is -0.231. The molecule has 0 radical (unpaired) electrons. The Morgan fingerprint density at radius 1 is 1.50 bits per heavy atom. The van der Waals surface area contributed by atoms with Crippen LogP contribution in [0.4, 0.5) is 5.69 Å². The number of aromatic nitrogens is 2. The van der Waals surface area contributed by atoms with Gasteiger partial charge in [-0.25, -0.2) is 9.78 Å². The number of hydrogen-bond acceptors (Lipinski definition) is 7. The fourth-order valence-corrected chi connectivity index (χ4v) is 1.70. The van der Waals surface area contributed by atoms with Crippen LogP contribution in [0, 0.1) is 17.0 Å². The average Bonchev–Trinajstić information content (AvgIpc) is 2.80. The molecule has 0 N–H and O–H groups in total. The first-order chi connectivity index (χ1) is 9.56. The van der Waals surface area contributed by atoms with Gasteiger partial charge in [-0.2, -0.15) is 0 Å². The monoisotopic (exact) mass is 277 g/mol. The summed E-state index contributed by atoms with van der Waals surface area (Å²) in [7, 11) is 0. The van der Waals surface area contributed by atoms with Crippen molar-refractivity contribution in [2.75, 3.05) is 6.61 Å². The molecule has 0 unspecified atom stereocenters. The van der Waals surface area contributed by atoms with Crippen LogP contribution in [0.15, 0.2) is 22.9 Å². The summed E-state index contributed by atoms with van der Waals surface area (Å²) < 4.78 is 9.83. The van der Waals surface area contributed by atoms with Gasteiger partial charge in [0.2, 0.25) is 0 Å². The Morgan fingerprint density at radius 2 is 2.25 bits per heavy atom. The van der Waals surface area contributed by atoms with Crippen LogP contribution in [0.25, 0.3) is 11.4 Å². The molecule has 0 aliphatic carbocycles. The highest BCUT2D eigenvalue weighted by Gasteiger charge is 2.28. The fourth-order valence-electron chi connectivity index (χ4n) is 1.70. The first kappa shape index (κ1) is 13.7. The lowest BCUT2D eigenvalue weighted by molar-refractivity contribution is -0.384. The molecule has 0 saturated heterocycles. The number of rotatable bonds is 4. The molecule has 20 heavy (non-hydrogen) atoms. The van der Waals surface area contributed by atoms with Gasteiger partial charge in [0.1, 0.15) is 11.3 Å². The van der Waals surface area contributed by atoms with Crippen molar-refractivity contribution in [2.45, 2.75) is 13.8 Å². The summed E-state index contributed by atoms with van der Waals surface area (Å²) in [6.07, 6.45) is 1.38. The topological polar surface area (TPSA) is 108 Å². The molecule has 0 fully saturated rings. The molecular formula is C12H11N3O5. The molecule has 0 saturated carbocycles. The molecule has 0 aliphatic heterocycles. The molecule has 2 aromatic heterocycles. The Hall–Kier alpha value is -2.77. The van der Waals surface area contributed by atoms with Crippen LogP contribution >= 0.6 is 0 Å². The van der Waals surface area contributed by atoms with E-state index in [4.69, 9.17) is 9.26 Å². The van der Waals surface area contributed by atoms with Gasteiger partial charge >= 0.3 is 5.97 Å². The number of aryl methyl sites for hydroxylation is 1. The predicted molar refractivity (Wildman–Crippen MR) is 67.1 cm³/mol. The van der Waals surface area contributed by atoms with E-state index in [0.717, 1.165) is 0 Å². The molecule has 0 spiro atoms. The molecule has 8 nitrogen and oxygen atoms in total. The maximum Gasteiger partial charge on any atom is 0.344 e. The summed E-state index contributed by atoms with van der Waals surface area (Å²) in [5, 5.41) is 14.7. The van der Waals surface area contributed by atoms with E-state index in [1.54, 1.807) is 6.92 Å². The minimum atomic E-state index is -0.652. The van der Waals surface area contributed by atoms with E-state index >= 15 is 0 Å². The number of pyridine rings is 1. The quantitative estimate of drug-likeness (QED) is 0.478. The van der Waals surface area contributed by atoms with Crippen LogP contribution < -0.4 is 0 Å². The van der Waals surface area contributed by atoms with Gasteiger partial charge in [-0.3, -0.25) is 10.1 Å². The summed E-state index contributed by atoms with van der Waals surface area (Å²) in [4.78, 5) is 26.2. The van der Waals surface area contributed by atoms with Gasteiger partial charge in [0.15, 0.2) is 11.4 Å². The van der Waals surface area contributed by atoms with E-state index in [-0.39, 0.29) is 35.0 Å². The van der Waals surface area contributed by atoms with E-state index < -0.39 is 10.9 Å². The van der Waals surface area contributed by atoms with Crippen molar-refractivity contribution >= 4 is 11.7 Å². The third-order valence-electron chi connectivity index (χ3n) is 2.55. The molecule has 2 aromatic rings. The van der Waals surface area contributed by atoms with E-state index in [1.807, 2.05) is 0 Å². The SMILES string of the molecule is CCOC(=O)c1c(-c2ncccc2[N+](=O)[O-])noc1C. The number of hydrogen-bond donors (Lipinski definition) is 0. The van der Waals surface area contributed by atoms with Crippen LogP contribution in [0.3, 0.4) is 0 Å². The Morgan fingerprint density at radius 3 is 2.90 bits per heavy atom. The zero-order valence-corrected chi connectivity index (χ0v) is 10.8. The van der Waals surface area contributed by atoms with Crippen LogP contribution in [-0.4, -0.2) is 27.6 Å². The van der Waals surface area contributed by atoms with Crippen molar-refractivity contribution in [3.63, 3.8) is 0 Å². The number of nitrogens with zero attached hydrogens (tertiary/aromatic N) is 3. The third kappa shape index (κ3) is 2.35. The zero-order valence-electron chi connectivity index (χ0n) is 10.8. The number of esters is 1. The van der Waals surface area contributed by atoms with Crippen molar-refractivity contribution in [3.8, 4) is 11.4 Å². The van der Waals surface area contributed by atoms with Crippen molar-refractivity contribution in [3.05, 3.63) is 39.8 Å². The molecule has 2 rings (SSSR count). The first-order valence-corrected chi connectivity index (χ1v) is 5.79. The minimum Gasteiger partial charge on any atom is -0.462 e. The van der Waals surface area contributed by atoms with Crippen LogP contribution in [0.1, 0.15) is 23.0 Å². The van der Waals surface area contributed by atoms with E-state index in [1.165, 1.54) is 25.3 Å². The van der Waals surface area contributed by atoms with E-state index in [0.29, 0.717) is 0 Å². The van der Waals surface area contributed by atoms with Gasteiger partial charge in [-0.1, -0.05) is 5.16 Å². The second-order valence-electron chi connectivity index (χ2n) is 3.81. The number of ether oxygens (including phenoxy) is 1. The predicted octanol–water partition coefficient (Wildman–Crippen LogP) is 2.13. The third-order valence-corrected chi connectivity index (χ3v) is 2.55. The van der Waals surface area contributed by atoms with Crippen molar-refractivity contribution in [1.29, 1.82) is 0 Å². The average molecular weight is 277 g/mol. The highest BCUT2D eigenvalue weighted by Crippen LogP contribution is 2.30.